The van der Waals surface area contributed by atoms with Crippen LogP contribution in [0.25, 0.3) is 6.08 Å². The zero-order chi connectivity index (χ0) is 18.7. The Hall–Kier alpha value is -2.13. The molecular weight excluding hydrogens is 346 g/mol. The van der Waals surface area contributed by atoms with Gasteiger partial charge in [0, 0.05) is 18.7 Å². The smallest absolute Gasteiger partial charge is 0.219 e. The number of rotatable bonds is 7. The van der Waals surface area contributed by atoms with E-state index in [2.05, 4.69) is 18.0 Å². The second-order valence-corrected chi connectivity index (χ2v) is 7.69. The van der Waals surface area contributed by atoms with Crippen molar-refractivity contribution in [3.05, 3.63) is 58.8 Å². The predicted molar refractivity (Wildman–Crippen MR) is 106 cm³/mol. The molecule has 0 N–H and O–H groups in total. The van der Waals surface area contributed by atoms with E-state index in [0.717, 1.165) is 11.5 Å². The van der Waals surface area contributed by atoms with Gasteiger partial charge in [-0.1, -0.05) is 43.7 Å². The number of carbonyl (C=O) groups is 1. The van der Waals surface area contributed by atoms with Gasteiger partial charge in [-0.15, -0.1) is 0 Å². The maximum Gasteiger partial charge on any atom is 0.219 e. The summed E-state index contributed by atoms with van der Waals surface area (Å²) in [6.07, 6.45) is 7.54. The van der Waals surface area contributed by atoms with Crippen LogP contribution in [0.5, 0.6) is 11.6 Å². The van der Waals surface area contributed by atoms with Gasteiger partial charge in [-0.05, 0) is 60.4 Å². The molecule has 3 atom stereocenters. The Labute approximate surface area is 160 Å². The highest BCUT2D eigenvalue weighted by molar-refractivity contribution is 6.32. The Morgan fingerprint density at radius 2 is 2.15 bits per heavy atom. The molecule has 0 amide bonds. The maximum atomic E-state index is 11.1. The van der Waals surface area contributed by atoms with Crippen molar-refractivity contribution in [3.63, 3.8) is 0 Å². The van der Waals surface area contributed by atoms with Gasteiger partial charge in [0.05, 0.1) is 5.02 Å². The molecule has 1 fully saturated rings. The lowest BCUT2D eigenvalue weighted by Gasteiger charge is -2.09. The average Bonchev–Trinajstić information content (AvgIpc) is 3.32. The van der Waals surface area contributed by atoms with Gasteiger partial charge in [0.15, 0.2) is 0 Å². The van der Waals surface area contributed by atoms with Crippen LogP contribution in [0.1, 0.15) is 50.7 Å². The summed E-state index contributed by atoms with van der Waals surface area (Å²) >= 11 is 6.36. The maximum absolute atomic E-state index is 11.1. The average molecular weight is 370 g/mol. The number of benzene rings is 1. The molecule has 2 unspecified atom stereocenters. The van der Waals surface area contributed by atoms with E-state index in [-0.39, 0.29) is 11.7 Å². The molecule has 4 heteroatoms. The van der Waals surface area contributed by atoms with Crippen LogP contribution in [0.15, 0.2) is 42.6 Å². The molecule has 1 aromatic heterocycles. The van der Waals surface area contributed by atoms with Gasteiger partial charge in [-0.3, -0.25) is 0 Å². The minimum Gasteiger partial charge on any atom is -0.437 e. The molecule has 0 saturated heterocycles. The van der Waals surface area contributed by atoms with Crippen LogP contribution in [-0.4, -0.2) is 10.8 Å². The highest BCUT2D eigenvalue weighted by Crippen LogP contribution is 2.48. The standard InChI is InChI=1S/C22H24ClNO2/c1-14(10-16(3)25)4-5-17-6-9-22(24-13-17)26-21-8-7-18(12-20(21)23)19-11-15(19)2/h4-9,12-15,19H,10-11H2,1-3H3/b5-4+/t14-,15?,19?/m0/s1. The number of allylic oxidation sites excluding steroid dienone is 1. The number of hydrogen-bond donors (Lipinski definition) is 0. The third-order valence-electron chi connectivity index (χ3n) is 4.69. The summed E-state index contributed by atoms with van der Waals surface area (Å²) in [5.41, 5.74) is 2.25. The summed E-state index contributed by atoms with van der Waals surface area (Å²) in [6, 6.07) is 9.76. The topological polar surface area (TPSA) is 39.2 Å². The van der Waals surface area contributed by atoms with E-state index < -0.39 is 0 Å². The van der Waals surface area contributed by atoms with Gasteiger partial charge in [0.1, 0.15) is 11.5 Å². The third-order valence-corrected chi connectivity index (χ3v) is 4.99. The number of ether oxygens (including phenoxy) is 1. The fraction of sp³-hybridized carbons (Fsp3) is 0.364. The summed E-state index contributed by atoms with van der Waals surface area (Å²) in [6.45, 7) is 5.89. The zero-order valence-electron chi connectivity index (χ0n) is 15.4. The molecule has 1 aliphatic rings. The number of nitrogens with zero attached hydrogens (tertiary/aromatic N) is 1. The number of halogens is 1. The van der Waals surface area contributed by atoms with Gasteiger partial charge >= 0.3 is 0 Å². The van der Waals surface area contributed by atoms with Crippen LogP contribution in [-0.2, 0) is 4.79 Å². The van der Waals surface area contributed by atoms with Crippen LogP contribution < -0.4 is 4.74 Å². The van der Waals surface area contributed by atoms with E-state index >= 15 is 0 Å². The van der Waals surface area contributed by atoms with Crippen molar-refractivity contribution in [2.75, 3.05) is 0 Å². The summed E-state index contributed by atoms with van der Waals surface area (Å²) in [5, 5.41) is 0.616. The summed E-state index contributed by atoms with van der Waals surface area (Å²) < 4.78 is 5.81. The van der Waals surface area contributed by atoms with E-state index in [4.69, 9.17) is 16.3 Å². The summed E-state index contributed by atoms with van der Waals surface area (Å²) in [5.74, 6) is 2.93. The third kappa shape index (κ3) is 4.95. The monoisotopic (exact) mass is 369 g/mol. The van der Waals surface area contributed by atoms with Gasteiger partial charge in [-0.25, -0.2) is 4.98 Å². The van der Waals surface area contributed by atoms with Gasteiger partial charge < -0.3 is 9.53 Å². The molecule has 0 bridgehead atoms. The molecule has 2 aromatic rings. The Balaban J connectivity index is 1.62. The van der Waals surface area contributed by atoms with Crippen molar-refractivity contribution < 1.29 is 9.53 Å². The Kier molecular flexibility index (Phi) is 5.77. The first-order valence-electron chi connectivity index (χ1n) is 9.03. The number of Topliss-reactive ketones (excluding diaryl/α,β-unsaturated/α-hetero) is 1. The number of carbonyl (C=O) groups excluding carboxylic acids is 1. The molecule has 0 radical (unpaired) electrons. The largest absolute Gasteiger partial charge is 0.437 e. The van der Waals surface area contributed by atoms with E-state index in [0.29, 0.717) is 29.0 Å². The zero-order valence-corrected chi connectivity index (χ0v) is 16.2. The molecule has 1 saturated carbocycles. The Bertz CT molecular complexity index is 813. The molecule has 3 rings (SSSR count). The van der Waals surface area contributed by atoms with Crippen molar-refractivity contribution in [3.8, 4) is 11.6 Å². The Morgan fingerprint density at radius 1 is 1.38 bits per heavy atom. The van der Waals surface area contributed by atoms with E-state index in [1.54, 1.807) is 13.1 Å². The molecule has 1 heterocycles. The highest BCUT2D eigenvalue weighted by Gasteiger charge is 2.34. The van der Waals surface area contributed by atoms with Crippen LogP contribution in [0, 0.1) is 11.8 Å². The number of aromatic nitrogens is 1. The number of hydrogen-bond acceptors (Lipinski definition) is 3. The molecule has 1 aliphatic carbocycles. The lowest BCUT2D eigenvalue weighted by Crippen LogP contribution is -1.97. The predicted octanol–water partition coefficient (Wildman–Crippen LogP) is 6.28. The van der Waals surface area contributed by atoms with Gasteiger partial charge in [0.25, 0.3) is 0 Å². The second kappa shape index (κ2) is 8.05. The normalized spacial score (nSPS) is 20.2. The first kappa shape index (κ1) is 18.7. The van der Waals surface area contributed by atoms with E-state index in [1.165, 1.54) is 12.0 Å². The minimum atomic E-state index is 0.197. The fourth-order valence-electron chi connectivity index (χ4n) is 3.08. The highest BCUT2D eigenvalue weighted by atomic mass is 35.5. The Morgan fingerprint density at radius 3 is 2.73 bits per heavy atom. The first-order valence-corrected chi connectivity index (χ1v) is 9.41. The molecule has 3 nitrogen and oxygen atoms in total. The van der Waals surface area contributed by atoms with E-state index in [1.807, 2.05) is 43.3 Å². The van der Waals surface area contributed by atoms with Crippen molar-refractivity contribution in [1.82, 2.24) is 4.98 Å². The molecule has 0 aliphatic heterocycles. The molecule has 26 heavy (non-hydrogen) atoms. The number of pyridine rings is 1. The van der Waals surface area contributed by atoms with Gasteiger partial charge in [0.2, 0.25) is 5.88 Å². The van der Waals surface area contributed by atoms with Crippen molar-refractivity contribution >= 4 is 23.5 Å². The molecule has 0 spiro atoms. The first-order chi connectivity index (χ1) is 12.4. The van der Waals surface area contributed by atoms with Crippen LogP contribution in [0.2, 0.25) is 5.02 Å². The van der Waals surface area contributed by atoms with Crippen molar-refractivity contribution in [1.29, 1.82) is 0 Å². The molecule has 136 valence electrons. The van der Waals surface area contributed by atoms with E-state index in [9.17, 15) is 4.79 Å². The van der Waals surface area contributed by atoms with Crippen LogP contribution in [0.4, 0.5) is 0 Å². The van der Waals surface area contributed by atoms with Crippen molar-refractivity contribution in [2.24, 2.45) is 11.8 Å². The van der Waals surface area contributed by atoms with Gasteiger partial charge in [-0.2, -0.15) is 0 Å². The lowest BCUT2D eigenvalue weighted by atomic mass is 10.0. The van der Waals surface area contributed by atoms with Crippen molar-refractivity contribution in [2.45, 2.75) is 39.5 Å². The van der Waals surface area contributed by atoms with Crippen LogP contribution >= 0.6 is 11.6 Å². The number of ketones is 1. The molecular formula is C22H24ClNO2. The summed E-state index contributed by atoms with van der Waals surface area (Å²) in [4.78, 5) is 15.5. The minimum absolute atomic E-state index is 0.197. The second-order valence-electron chi connectivity index (χ2n) is 7.28. The molecule has 1 aromatic carbocycles. The summed E-state index contributed by atoms with van der Waals surface area (Å²) in [7, 11) is 0. The SMILES string of the molecule is CC(=O)C[C@@H](C)/C=C/c1ccc(Oc2ccc(C3CC3C)cc2Cl)nc1. The van der Waals surface area contributed by atoms with Crippen LogP contribution in [0.3, 0.4) is 0 Å². The quantitative estimate of drug-likeness (QED) is 0.576. The fourth-order valence-corrected chi connectivity index (χ4v) is 3.30. The lowest BCUT2D eigenvalue weighted by molar-refractivity contribution is -0.117.